The highest BCUT2D eigenvalue weighted by atomic mass is 35.5. The van der Waals surface area contributed by atoms with E-state index in [4.69, 9.17) is 16.6 Å². The number of unbranched alkanes of at least 4 members (excludes halogenated alkanes) is 1. The molecule has 8 heteroatoms. The summed E-state index contributed by atoms with van der Waals surface area (Å²) in [5, 5.41) is 0.620. The number of hydrogen-bond donors (Lipinski definition) is 0. The van der Waals surface area contributed by atoms with Gasteiger partial charge in [-0.25, -0.2) is 4.98 Å². The van der Waals surface area contributed by atoms with Gasteiger partial charge in [0.25, 0.3) is 0 Å². The topological polar surface area (TPSA) is 54.3 Å². The van der Waals surface area contributed by atoms with Crippen LogP contribution in [0.5, 0.6) is 0 Å². The van der Waals surface area contributed by atoms with Gasteiger partial charge in [-0.15, -0.1) is 0 Å². The van der Waals surface area contributed by atoms with E-state index in [0.717, 1.165) is 54.0 Å². The fourth-order valence-corrected chi connectivity index (χ4v) is 5.32. The molecule has 0 radical (unpaired) electrons. The summed E-state index contributed by atoms with van der Waals surface area (Å²) in [4.78, 5) is 27.1. The van der Waals surface area contributed by atoms with Crippen molar-refractivity contribution in [1.82, 2.24) is 19.4 Å². The molecule has 1 saturated heterocycles. The number of aromatic nitrogens is 3. The molecule has 5 rings (SSSR count). The first kappa shape index (κ1) is 21.3. The standard InChI is InChI=1S/C24H27ClFN5O/c1-29-12-7-24(8-13-29)18-6-10-27-15-21(18)31(23(24)32)16-22-28-19-14-17(25)4-5-20(19)30(22)11-3-2-9-26/h4-6,10,14-15H,2-3,7-9,11-13,16H2,1H3. The SMILES string of the molecule is CN1CCC2(CC1)C(=O)N(Cc1nc3cc(Cl)ccc3n1CCCCF)c1cnccc12. The summed E-state index contributed by atoms with van der Waals surface area (Å²) < 4.78 is 14.9. The molecule has 1 spiro atoms. The van der Waals surface area contributed by atoms with E-state index < -0.39 is 5.41 Å². The molecule has 4 heterocycles. The molecular weight excluding hydrogens is 429 g/mol. The number of rotatable bonds is 6. The van der Waals surface area contributed by atoms with Crippen LogP contribution in [-0.2, 0) is 23.3 Å². The molecule has 0 bridgehead atoms. The van der Waals surface area contributed by atoms with Crippen molar-refractivity contribution >= 4 is 34.2 Å². The van der Waals surface area contributed by atoms with Crippen molar-refractivity contribution in [3.05, 3.63) is 53.1 Å². The molecule has 2 aliphatic rings. The average Bonchev–Trinajstić information content (AvgIpc) is 3.24. The zero-order chi connectivity index (χ0) is 22.3. The van der Waals surface area contributed by atoms with E-state index in [9.17, 15) is 9.18 Å². The maximum absolute atomic E-state index is 13.9. The van der Waals surface area contributed by atoms with Gasteiger partial charge >= 0.3 is 0 Å². The van der Waals surface area contributed by atoms with Crippen LogP contribution in [0, 0.1) is 0 Å². The Morgan fingerprint density at radius 3 is 2.78 bits per heavy atom. The van der Waals surface area contributed by atoms with Gasteiger partial charge in [0.05, 0.1) is 41.6 Å². The molecule has 1 aromatic carbocycles. The van der Waals surface area contributed by atoms with Gasteiger partial charge in [0, 0.05) is 17.8 Å². The fourth-order valence-electron chi connectivity index (χ4n) is 5.16. The minimum Gasteiger partial charge on any atom is -0.326 e. The number of benzene rings is 1. The normalized spacial score (nSPS) is 18.1. The number of amides is 1. The minimum absolute atomic E-state index is 0.133. The van der Waals surface area contributed by atoms with Crippen LogP contribution < -0.4 is 4.90 Å². The van der Waals surface area contributed by atoms with Crippen LogP contribution in [0.15, 0.2) is 36.7 Å². The van der Waals surface area contributed by atoms with Gasteiger partial charge in [-0.2, -0.15) is 0 Å². The zero-order valence-corrected chi connectivity index (χ0v) is 19.0. The lowest BCUT2D eigenvalue weighted by atomic mass is 9.74. The van der Waals surface area contributed by atoms with Crippen LogP contribution in [0.2, 0.25) is 5.02 Å². The number of aryl methyl sites for hydroxylation is 1. The summed E-state index contributed by atoms with van der Waals surface area (Å²) >= 11 is 6.20. The van der Waals surface area contributed by atoms with Crippen molar-refractivity contribution in [2.75, 3.05) is 31.7 Å². The highest BCUT2D eigenvalue weighted by molar-refractivity contribution is 6.31. The number of alkyl halides is 1. The van der Waals surface area contributed by atoms with Gasteiger partial charge in [-0.1, -0.05) is 11.6 Å². The Morgan fingerprint density at radius 2 is 2.00 bits per heavy atom. The Labute approximate surface area is 192 Å². The number of hydrogen-bond acceptors (Lipinski definition) is 4. The molecule has 2 aliphatic heterocycles. The lowest BCUT2D eigenvalue weighted by Gasteiger charge is -2.36. The number of pyridine rings is 1. The zero-order valence-electron chi connectivity index (χ0n) is 18.2. The predicted octanol–water partition coefficient (Wildman–Crippen LogP) is 4.34. The van der Waals surface area contributed by atoms with Gasteiger partial charge < -0.3 is 14.4 Å². The minimum atomic E-state index is -0.487. The number of fused-ring (bicyclic) bond motifs is 3. The Bertz CT molecular complexity index is 1150. The third kappa shape index (κ3) is 3.48. The highest BCUT2D eigenvalue weighted by Crippen LogP contribution is 2.48. The number of halogens is 2. The number of likely N-dealkylation sites (tertiary alicyclic amines) is 1. The monoisotopic (exact) mass is 455 g/mol. The quantitative estimate of drug-likeness (QED) is 0.519. The molecule has 6 nitrogen and oxygen atoms in total. The van der Waals surface area contributed by atoms with E-state index in [2.05, 4.69) is 21.5 Å². The van der Waals surface area contributed by atoms with Crippen molar-refractivity contribution in [2.24, 2.45) is 0 Å². The van der Waals surface area contributed by atoms with Gasteiger partial charge in [-0.05, 0) is 75.6 Å². The van der Waals surface area contributed by atoms with Crippen molar-refractivity contribution in [3.63, 3.8) is 0 Å². The Balaban J connectivity index is 1.53. The number of anilines is 1. The second-order valence-electron chi connectivity index (χ2n) is 8.88. The first-order valence-corrected chi connectivity index (χ1v) is 11.6. The molecule has 1 amide bonds. The first-order valence-electron chi connectivity index (χ1n) is 11.2. The summed E-state index contributed by atoms with van der Waals surface area (Å²) in [5.41, 5.74) is 3.21. The lowest BCUT2D eigenvalue weighted by molar-refractivity contribution is -0.124. The van der Waals surface area contributed by atoms with Gasteiger partial charge in [0.2, 0.25) is 5.91 Å². The summed E-state index contributed by atoms with van der Waals surface area (Å²) in [6, 6.07) is 7.63. The van der Waals surface area contributed by atoms with Crippen molar-refractivity contribution in [2.45, 2.75) is 44.2 Å². The predicted molar refractivity (Wildman–Crippen MR) is 124 cm³/mol. The summed E-state index contributed by atoms with van der Waals surface area (Å²) in [5.74, 6) is 0.920. The highest BCUT2D eigenvalue weighted by Gasteiger charge is 2.52. The molecular formula is C24H27ClFN5O. The van der Waals surface area contributed by atoms with E-state index >= 15 is 0 Å². The molecule has 0 aliphatic carbocycles. The van der Waals surface area contributed by atoms with Gasteiger partial charge in [0.1, 0.15) is 5.82 Å². The Hall–Kier alpha value is -2.51. The third-order valence-corrected chi connectivity index (χ3v) is 7.19. The average molecular weight is 456 g/mol. The maximum Gasteiger partial charge on any atom is 0.238 e. The number of nitrogens with zero attached hydrogens (tertiary/aromatic N) is 5. The van der Waals surface area contributed by atoms with E-state index in [-0.39, 0.29) is 12.6 Å². The fraction of sp³-hybridized carbons (Fsp3) is 0.458. The Morgan fingerprint density at radius 1 is 1.19 bits per heavy atom. The summed E-state index contributed by atoms with van der Waals surface area (Å²) in [6.45, 7) is 2.45. The Kier molecular flexibility index (Phi) is 5.63. The molecule has 0 unspecified atom stereocenters. The summed E-state index contributed by atoms with van der Waals surface area (Å²) in [6.07, 6.45) is 6.40. The largest absolute Gasteiger partial charge is 0.326 e. The second kappa shape index (κ2) is 8.45. The maximum atomic E-state index is 13.9. The van der Waals surface area contributed by atoms with Crippen LogP contribution in [0.3, 0.4) is 0 Å². The van der Waals surface area contributed by atoms with E-state index in [1.54, 1.807) is 12.4 Å². The van der Waals surface area contributed by atoms with Gasteiger partial charge in [-0.3, -0.25) is 14.2 Å². The van der Waals surface area contributed by atoms with Gasteiger partial charge in [0.15, 0.2) is 0 Å². The van der Waals surface area contributed by atoms with E-state index in [1.807, 2.05) is 29.2 Å². The van der Waals surface area contributed by atoms with Crippen molar-refractivity contribution < 1.29 is 9.18 Å². The molecule has 0 saturated carbocycles. The number of carbonyl (C=O) groups is 1. The van der Waals surface area contributed by atoms with Crippen molar-refractivity contribution in [1.29, 1.82) is 0 Å². The van der Waals surface area contributed by atoms with E-state index in [1.165, 1.54) is 0 Å². The molecule has 2 aromatic heterocycles. The second-order valence-corrected chi connectivity index (χ2v) is 9.31. The van der Waals surface area contributed by atoms with Crippen LogP contribution >= 0.6 is 11.6 Å². The molecule has 1 fully saturated rings. The molecule has 0 atom stereocenters. The third-order valence-electron chi connectivity index (χ3n) is 6.96. The number of piperidine rings is 1. The number of carbonyl (C=O) groups excluding carboxylic acids is 1. The molecule has 32 heavy (non-hydrogen) atoms. The lowest BCUT2D eigenvalue weighted by Crippen LogP contribution is -2.47. The molecule has 0 N–H and O–H groups in total. The van der Waals surface area contributed by atoms with Crippen molar-refractivity contribution in [3.8, 4) is 0 Å². The van der Waals surface area contributed by atoms with Crippen LogP contribution in [0.25, 0.3) is 11.0 Å². The molecule has 3 aromatic rings. The number of imidazole rings is 1. The smallest absolute Gasteiger partial charge is 0.238 e. The molecule has 168 valence electrons. The van der Waals surface area contributed by atoms with Crippen LogP contribution in [-0.4, -0.2) is 52.2 Å². The first-order chi connectivity index (χ1) is 15.5. The van der Waals surface area contributed by atoms with Crippen LogP contribution in [0.4, 0.5) is 10.1 Å². The van der Waals surface area contributed by atoms with E-state index in [0.29, 0.717) is 31.0 Å². The van der Waals surface area contributed by atoms with Crippen LogP contribution in [0.1, 0.15) is 37.1 Å². The summed E-state index contributed by atoms with van der Waals surface area (Å²) in [7, 11) is 2.10.